The summed E-state index contributed by atoms with van der Waals surface area (Å²) in [5, 5.41) is 17.4. The van der Waals surface area contributed by atoms with Crippen molar-refractivity contribution in [2.75, 3.05) is 49.5 Å². The van der Waals surface area contributed by atoms with Crippen LogP contribution in [-0.2, 0) is 11.0 Å². The summed E-state index contributed by atoms with van der Waals surface area (Å²) in [4.78, 5) is 59.8. The third-order valence-electron chi connectivity index (χ3n) is 11.1. The van der Waals surface area contributed by atoms with Gasteiger partial charge in [-0.15, -0.1) is 5.10 Å². The summed E-state index contributed by atoms with van der Waals surface area (Å²) in [7, 11) is 0. The highest BCUT2D eigenvalue weighted by Crippen LogP contribution is 2.44. The predicted octanol–water partition coefficient (Wildman–Crippen LogP) is 4.90. The summed E-state index contributed by atoms with van der Waals surface area (Å²) in [6.45, 7) is 5.05. The van der Waals surface area contributed by atoms with Gasteiger partial charge in [0, 0.05) is 64.1 Å². The van der Waals surface area contributed by atoms with E-state index in [0.717, 1.165) is 22.7 Å². The zero-order valence-electron chi connectivity index (χ0n) is 30.2. The number of anilines is 2. The summed E-state index contributed by atoms with van der Waals surface area (Å²) < 4.78 is 69.9. The van der Waals surface area contributed by atoms with Crippen molar-refractivity contribution in [3.63, 3.8) is 0 Å². The fourth-order valence-electron chi connectivity index (χ4n) is 8.04. The molecule has 3 aromatic heterocycles. The molecule has 3 aliphatic heterocycles. The molecule has 6 heterocycles. The van der Waals surface area contributed by atoms with Crippen molar-refractivity contribution >= 4 is 46.1 Å². The molecule has 1 saturated heterocycles. The number of nitrogens with one attached hydrogen (secondary N) is 1. The Kier molecular flexibility index (Phi) is 9.29. The molecule has 8 rings (SSSR count). The zero-order chi connectivity index (χ0) is 39.8. The lowest BCUT2D eigenvalue weighted by Gasteiger charge is -2.43. The second-order valence-corrected chi connectivity index (χ2v) is 15.1. The third-order valence-corrected chi connectivity index (χ3v) is 11.4. The van der Waals surface area contributed by atoms with E-state index >= 15 is 0 Å². The molecular weight excluding hydrogens is 767 g/mol. The number of aromatic nitrogens is 6. The average molecular weight is 803 g/mol. The lowest BCUT2D eigenvalue weighted by molar-refractivity contribution is -0.137. The van der Waals surface area contributed by atoms with Crippen molar-refractivity contribution in [2.45, 2.75) is 69.6 Å². The number of aryl methyl sites for hydroxylation is 1. The van der Waals surface area contributed by atoms with Crippen LogP contribution in [0.5, 0.6) is 5.75 Å². The van der Waals surface area contributed by atoms with Gasteiger partial charge in [0.05, 0.1) is 27.7 Å². The Hall–Kier alpha value is -5.17. The first-order valence-electron chi connectivity index (χ1n) is 18.1. The van der Waals surface area contributed by atoms with Crippen LogP contribution in [0.15, 0.2) is 35.4 Å². The molecule has 4 aliphatic rings. The molecule has 0 radical (unpaired) electrons. The van der Waals surface area contributed by atoms with Crippen LogP contribution in [0.1, 0.15) is 77.8 Å². The predicted molar refractivity (Wildman–Crippen MR) is 193 cm³/mol. The number of carbonyl (C=O) groups is 2. The largest absolute Gasteiger partial charge is 0.504 e. The van der Waals surface area contributed by atoms with Crippen LogP contribution in [0, 0.1) is 6.92 Å². The second kappa shape index (κ2) is 13.8. The van der Waals surface area contributed by atoms with Crippen LogP contribution in [0.25, 0.3) is 11.4 Å². The van der Waals surface area contributed by atoms with Gasteiger partial charge in [-0.1, -0.05) is 24.6 Å². The van der Waals surface area contributed by atoms with Gasteiger partial charge in [0.2, 0.25) is 11.7 Å². The molecular formula is C36H36ClF5N10O4. The van der Waals surface area contributed by atoms with Crippen molar-refractivity contribution in [2.24, 2.45) is 0 Å². The van der Waals surface area contributed by atoms with Gasteiger partial charge in [0.1, 0.15) is 18.1 Å². The van der Waals surface area contributed by atoms with Gasteiger partial charge in [-0.3, -0.25) is 23.9 Å². The van der Waals surface area contributed by atoms with Gasteiger partial charge < -0.3 is 20.2 Å². The van der Waals surface area contributed by atoms with Gasteiger partial charge in [-0.25, -0.2) is 18.7 Å². The number of hydrogen-bond acceptors (Lipinski definition) is 10. The van der Waals surface area contributed by atoms with Crippen LogP contribution in [0.4, 0.5) is 33.3 Å². The van der Waals surface area contributed by atoms with E-state index in [1.54, 1.807) is 11.5 Å². The Balaban J connectivity index is 1.14. The highest BCUT2D eigenvalue weighted by atomic mass is 35.5. The number of alkyl halides is 5. The molecule has 56 heavy (non-hydrogen) atoms. The average Bonchev–Trinajstić information content (AvgIpc) is 3.74. The summed E-state index contributed by atoms with van der Waals surface area (Å²) in [6.07, 6.45) is -1.34. The van der Waals surface area contributed by atoms with E-state index in [4.69, 9.17) is 16.6 Å². The highest BCUT2D eigenvalue weighted by molar-refractivity contribution is 6.33. The number of aromatic hydroxyl groups is 1. The first-order chi connectivity index (χ1) is 26.5. The lowest BCUT2D eigenvalue weighted by Crippen LogP contribution is -2.51. The fourth-order valence-corrected chi connectivity index (χ4v) is 8.27. The van der Waals surface area contributed by atoms with E-state index in [0.29, 0.717) is 30.8 Å². The molecule has 20 heteroatoms. The fraction of sp³-hybridized carbons (Fsp3) is 0.472. The van der Waals surface area contributed by atoms with Crippen molar-refractivity contribution in [3.05, 3.63) is 74.4 Å². The maximum absolute atomic E-state index is 14.5. The summed E-state index contributed by atoms with van der Waals surface area (Å²) in [5.41, 5.74) is 0.0834. The standard InChI is InChI=1S/C36H36ClF5N10O4/c1-18-13-25(31(54)45-24-4-3-21(14-23(24)37)36(40,41)42)51-27(18)28(49-9-11-50(12-10-49)32(55)26-29(53)19(2)43-17-44-26)33(56)52-34(51)46-30(47-52)20-5-7-48(8-6-20)22-15-35(38,39)16-22/h3-5,14,17-18,22,25,53H,6-13,15-16H2,1-2H3,(H,45,54)/t18-,25-/m0/s1. The van der Waals surface area contributed by atoms with Crippen molar-refractivity contribution < 1.29 is 36.6 Å². The molecule has 14 nitrogen and oxygen atoms in total. The van der Waals surface area contributed by atoms with Gasteiger partial charge in [0.25, 0.3) is 17.4 Å². The minimum atomic E-state index is -4.64. The molecule has 0 bridgehead atoms. The van der Waals surface area contributed by atoms with Gasteiger partial charge in [0.15, 0.2) is 17.3 Å². The van der Waals surface area contributed by atoms with Crippen molar-refractivity contribution in [1.82, 2.24) is 38.9 Å². The number of hydrogen-bond donors (Lipinski definition) is 2. The van der Waals surface area contributed by atoms with Gasteiger partial charge in [-0.2, -0.15) is 22.7 Å². The minimum Gasteiger partial charge on any atom is -0.504 e. The second-order valence-electron chi connectivity index (χ2n) is 14.7. The normalized spacial score (nSPS) is 21.5. The van der Waals surface area contributed by atoms with Gasteiger partial charge in [-0.05, 0) is 43.5 Å². The van der Waals surface area contributed by atoms with E-state index in [9.17, 15) is 41.4 Å². The third kappa shape index (κ3) is 6.63. The molecule has 296 valence electrons. The molecule has 4 aromatic rings. The van der Waals surface area contributed by atoms with Crippen molar-refractivity contribution in [1.29, 1.82) is 0 Å². The Labute approximate surface area is 320 Å². The molecule has 2 fully saturated rings. The van der Waals surface area contributed by atoms with Crippen molar-refractivity contribution in [3.8, 4) is 5.75 Å². The minimum absolute atomic E-state index is 0.0305. The quantitative estimate of drug-likeness (QED) is 0.258. The number of rotatable bonds is 6. The van der Waals surface area contributed by atoms with Crippen LogP contribution in [0.3, 0.4) is 0 Å². The first kappa shape index (κ1) is 37.7. The van der Waals surface area contributed by atoms with Crippen LogP contribution >= 0.6 is 11.6 Å². The topological polar surface area (TPSA) is 154 Å². The lowest BCUT2D eigenvalue weighted by atomic mass is 9.86. The Morgan fingerprint density at radius 1 is 1.07 bits per heavy atom. The SMILES string of the molecule is Cc1ncnc(C(=O)N2CCN(c3c4n(c5nc(C6=CCN(C7CC(F)(F)C7)CC6)nn5c3=O)[C@H](C(=O)Nc3ccc(C(F)(F)F)cc3Cl)C[C@@H]4C)CC2)c1O. The molecule has 2 atom stereocenters. The monoisotopic (exact) mass is 802 g/mol. The van der Waals surface area contributed by atoms with E-state index < -0.39 is 41.1 Å². The molecule has 2 N–H and O–H groups in total. The number of halogens is 6. The van der Waals surface area contributed by atoms with Crippen LogP contribution < -0.4 is 15.8 Å². The summed E-state index contributed by atoms with van der Waals surface area (Å²) >= 11 is 6.20. The smallest absolute Gasteiger partial charge is 0.416 e. The number of benzene rings is 1. The summed E-state index contributed by atoms with van der Waals surface area (Å²) in [6, 6.07) is 1.42. The maximum Gasteiger partial charge on any atom is 0.416 e. The number of nitrogens with zero attached hydrogens (tertiary/aromatic N) is 9. The van der Waals surface area contributed by atoms with E-state index in [1.165, 1.54) is 11.2 Å². The van der Waals surface area contributed by atoms with Crippen LogP contribution in [-0.4, -0.2) is 107 Å². The van der Waals surface area contributed by atoms with E-state index in [-0.39, 0.29) is 103 Å². The molecule has 1 aliphatic carbocycles. The number of carbonyl (C=O) groups excluding carboxylic acids is 2. The highest BCUT2D eigenvalue weighted by Gasteiger charge is 2.48. The number of amides is 2. The molecule has 2 amide bonds. The van der Waals surface area contributed by atoms with E-state index in [2.05, 4.69) is 20.4 Å². The Bertz CT molecular complexity index is 2350. The Morgan fingerprint density at radius 3 is 2.45 bits per heavy atom. The molecule has 0 unspecified atom stereocenters. The number of piperazine rings is 1. The maximum atomic E-state index is 14.5. The summed E-state index contributed by atoms with van der Waals surface area (Å²) in [5.74, 6) is -4.13. The first-order valence-corrected chi connectivity index (χ1v) is 18.5. The molecule has 0 spiro atoms. The molecule has 1 aromatic carbocycles. The zero-order valence-corrected chi connectivity index (χ0v) is 30.9. The molecule has 1 saturated carbocycles. The van der Waals surface area contributed by atoms with E-state index in [1.807, 2.05) is 22.8 Å². The number of fused-ring (bicyclic) bond motifs is 3. The Morgan fingerprint density at radius 2 is 1.80 bits per heavy atom. The van der Waals surface area contributed by atoms with Gasteiger partial charge >= 0.3 is 6.18 Å². The van der Waals surface area contributed by atoms with Crippen LogP contribution in [0.2, 0.25) is 5.02 Å².